The van der Waals surface area contributed by atoms with Crippen LogP contribution in [0.2, 0.25) is 0 Å². The average molecular weight is 226 g/mol. The van der Waals surface area contributed by atoms with E-state index in [1.807, 2.05) is 0 Å². The van der Waals surface area contributed by atoms with Crippen LogP contribution in [0.25, 0.3) is 0 Å². The van der Waals surface area contributed by atoms with E-state index in [-0.39, 0.29) is 5.54 Å². The molecule has 0 aromatic rings. The smallest absolute Gasteiger partial charge is 0.0385 e. The maximum Gasteiger partial charge on any atom is 0.0385 e. The topological polar surface area (TPSA) is 15.3 Å². The number of hydrogen-bond acceptors (Lipinski definition) is 2. The van der Waals surface area contributed by atoms with Gasteiger partial charge in [0.2, 0.25) is 0 Å². The number of nitrogens with one attached hydrogen (secondary N) is 1. The number of likely N-dealkylation sites (N-methyl/N-ethyl adjacent to an activating group) is 2. The van der Waals surface area contributed by atoms with Crippen LogP contribution in [0.1, 0.15) is 40.5 Å². The largest absolute Gasteiger partial charge is 0.316 e. The zero-order chi connectivity index (χ0) is 12.6. The lowest BCUT2D eigenvalue weighted by Gasteiger charge is -2.42. The van der Waals surface area contributed by atoms with E-state index in [0.29, 0.717) is 5.92 Å². The first-order chi connectivity index (χ1) is 7.56. The number of nitrogens with zero attached hydrogens (tertiary/aromatic N) is 1. The molecule has 0 fully saturated rings. The van der Waals surface area contributed by atoms with Gasteiger partial charge in [0.05, 0.1) is 0 Å². The molecule has 0 saturated heterocycles. The van der Waals surface area contributed by atoms with Crippen molar-refractivity contribution in [2.75, 3.05) is 26.7 Å². The molecule has 1 unspecified atom stereocenters. The fraction of sp³-hybridized carbons (Fsp3) is 0.857. The Kier molecular flexibility index (Phi) is 7.69. The van der Waals surface area contributed by atoms with Crippen molar-refractivity contribution in [2.45, 2.75) is 46.1 Å². The highest BCUT2D eigenvalue weighted by molar-refractivity contribution is 5.04. The molecule has 0 aliphatic carbocycles. The summed E-state index contributed by atoms with van der Waals surface area (Å²) in [4.78, 5) is 2.43. The van der Waals surface area contributed by atoms with E-state index in [0.717, 1.165) is 19.6 Å². The number of hydrogen-bond donors (Lipinski definition) is 1. The third-order valence-electron chi connectivity index (χ3n) is 3.92. The van der Waals surface area contributed by atoms with Crippen molar-refractivity contribution >= 4 is 0 Å². The molecule has 0 radical (unpaired) electrons. The monoisotopic (exact) mass is 226 g/mol. The van der Waals surface area contributed by atoms with Gasteiger partial charge in [0.1, 0.15) is 0 Å². The Hall–Kier alpha value is -0.340. The molecule has 0 spiro atoms. The van der Waals surface area contributed by atoms with Gasteiger partial charge in [-0.05, 0) is 26.4 Å². The van der Waals surface area contributed by atoms with Crippen molar-refractivity contribution in [1.82, 2.24) is 10.2 Å². The standard InChI is InChI=1S/C14H30N2/c1-7-13(8-2)14(5,9-3)16(6)12-11-15-10-4/h9,13,15H,3,7-8,10-12H2,1-2,4-6H3. The quantitative estimate of drug-likeness (QED) is 0.480. The number of rotatable bonds is 9. The molecule has 1 atom stereocenters. The maximum absolute atomic E-state index is 4.04. The first kappa shape index (κ1) is 15.7. The SMILES string of the molecule is C=CC(C)(C(CC)CC)N(C)CCNCC. The predicted octanol–water partition coefficient (Wildman–Crippen LogP) is 2.91. The highest BCUT2D eigenvalue weighted by Gasteiger charge is 2.32. The fourth-order valence-electron chi connectivity index (χ4n) is 2.41. The molecule has 0 saturated carbocycles. The first-order valence-corrected chi connectivity index (χ1v) is 6.62. The second-order valence-corrected chi connectivity index (χ2v) is 4.72. The molecule has 16 heavy (non-hydrogen) atoms. The molecule has 0 aliphatic heterocycles. The lowest BCUT2D eigenvalue weighted by Crippen LogP contribution is -2.50. The van der Waals surface area contributed by atoms with Gasteiger partial charge in [-0.1, -0.05) is 39.7 Å². The molecule has 2 heteroatoms. The molecule has 0 aliphatic rings. The highest BCUT2D eigenvalue weighted by Crippen LogP contribution is 2.29. The van der Waals surface area contributed by atoms with E-state index in [1.54, 1.807) is 0 Å². The summed E-state index contributed by atoms with van der Waals surface area (Å²) < 4.78 is 0. The minimum Gasteiger partial charge on any atom is -0.316 e. The van der Waals surface area contributed by atoms with Crippen LogP contribution < -0.4 is 5.32 Å². The minimum absolute atomic E-state index is 0.124. The van der Waals surface area contributed by atoms with Crippen LogP contribution in [0.3, 0.4) is 0 Å². The molecule has 0 heterocycles. The summed E-state index contributed by atoms with van der Waals surface area (Å²) in [7, 11) is 2.21. The van der Waals surface area contributed by atoms with Gasteiger partial charge in [0.15, 0.2) is 0 Å². The van der Waals surface area contributed by atoms with E-state index >= 15 is 0 Å². The van der Waals surface area contributed by atoms with Crippen LogP contribution in [0.15, 0.2) is 12.7 Å². The Bertz CT molecular complexity index is 187. The van der Waals surface area contributed by atoms with Crippen molar-refractivity contribution in [1.29, 1.82) is 0 Å². The summed E-state index contributed by atoms with van der Waals surface area (Å²) in [6.45, 7) is 16.2. The van der Waals surface area contributed by atoms with Gasteiger partial charge < -0.3 is 5.32 Å². The van der Waals surface area contributed by atoms with Crippen LogP contribution in [0, 0.1) is 5.92 Å². The van der Waals surface area contributed by atoms with Crippen LogP contribution in [0.4, 0.5) is 0 Å². The zero-order valence-electron chi connectivity index (χ0n) is 11.8. The van der Waals surface area contributed by atoms with Gasteiger partial charge in [0, 0.05) is 18.6 Å². The summed E-state index contributed by atoms with van der Waals surface area (Å²) in [5, 5.41) is 3.37. The third-order valence-corrected chi connectivity index (χ3v) is 3.92. The van der Waals surface area contributed by atoms with E-state index in [1.165, 1.54) is 12.8 Å². The minimum atomic E-state index is 0.124. The highest BCUT2D eigenvalue weighted by atomic mass is 15.2. The van der Waals surface area contributed by atoms with Crippen molar-refractivity contribution in [3.8, 4) is 0 Å². The van der Waals surface area contributed by atoms with Gasteiger partial charge in [0.25, 0.3) is 0 Å². The fourth-order valence-corrected chi connectivity index (χ4v) is 2.41. The molecule has 0 aromatic carbocycles. The van der Waals surface area contributed by atoms with Crippen molar-refractivity contribution < 1.29 is 0 Å². The van der Waals surface area contributed by atoms with E-state index in [2.05, 4.69) is 57.6 Å². The zero-order valence-corrected chi connectivity index (χ0v) is 11.8. The molecule has 0 rings (SSSR count). The summed E-state index contributed by atoms with van der Waals surface area (Å²) in [5.74, 6) is 0.691. The summed E-state index contributed by atoms with van der Waals surface area (Å²) in [6.07, 6.45) is 4.55. The van der Waals surface area contributed by atoms with E-state index in [9.17, 15) is 0 Å². The van der Waals surface area contributed by atoms with Crippen molar-refractivity contribution in [2.24, 2.45) is 5.92 Å². The van der Waals surface area contributed by atoms with Crippen molar-refractivity contribution in [3.05, 3.63) is 12.7 Å². The van der Waals surface area contributed by atoms with Gasteiger partial charge in [-0.25, -0.2) is 0 Å². The second-order valence-electron chi connectivity index (χ2n) is 4.72. The van der Waals surface area contributed by atoms with Crippen LogP contribution in [-0.4, -0.2) is 37.1 Å². The van der Waals surface area contributed by atoms with Gasteiger partial charge >= 0.3 is 0 Å². The van der Waals surface area contributed by atoms with Crippen LogP contribution in [0.5, 0.6) is 0 Å². The van der Waals surface area contributed by atoms with Gasteiger partial charge in [-0.2, -0.15) is 0 Å². The Morgan fingerprint density at radius 1 is 1.31 bits per heavy atom. The van der Waals surface area contributed by atoms with Gasteiger partial charge in [-0.3, -0.25) is 4.90 Å². The molecule has 0 amide bonds. The third kappa shape index (κ3) is 3.91. The molecule has 0 aromatic heterocycles. The Morgan fingerprint density at radius 2 is 1.88 bits per heavy atom. The lowest BCUT2D eigenvalue weighted by atomic mass is 9.80. The molecule has 0 bridgehead atoms. The molecular formula is C14H30N2. The first-order valence-electron chi connectivity index (χ1n) is 6.62. The Labute approximate surface area is 102 Å². The predicted molar refractivity (Wildman–Crippen MR) is 73.8 cm³/mol. The van der Waals surface area contributed by atoms with Gasteiger partial charge in [-0.15, -0.1) is 6.58 Å². The normalized spacial score (nSPS) is 15.4. The maximum atomic E-state index is 4.04. The summed E-state index contributed by atoms with van der Waals surface area (Å²) >= 11 is 0. The molecule has 1 N–H and O–H groups in total. The Balaban J connectivity index is 4.47. The second kappa shape index (κ2) is 7.86. The molecule has 2 nitrogen and oxygen atoms in total. The average Bonchev–Trinajstić information content (AvgIpc) is 2.30. The molecule has 96 valence electrons. The van der Waals surface area contributed by atoms with E-state index in [4.69, 9.17) is 0 Å². The van der Waals surface area contributed by atoms with Crippen LogP contribution in [-0.2, 0) is 0 Å². The Morgan fingerprint density at radius 3 is 2.25 bits per heavy atom. The molecular weight excluding hydrogens is 196 g/mol. The van der Waals surface area contributed by atoms with E-state index < -0.39 is 0 Å². The van der Waals surface area contributed by atoms with Crippen molar-refractivity contribution in [3.63, 3.8) is 0 Å². The van der Waals surface area contributed by atoms with Crippen LogP contribution >= 0.6 is 0 Å². The lowest BCUT2D eigenvalue weighted by molar-refractivity contribution is 0.112. The summed E-state index contributed by atoms with van der Waals surface area (Å²) in [5.41, 5.74) is 0.124. The summed E-state index contributed by atoms with van der Waals surface area (Å²) in [6, 6.07) is 0.